The number of hydrogen-bond acceptors (Lipinski definition) is 0. The quantitative estimate of drug-likeness (QED) is 0.581. The second kappa shape index (κ2) is 3.28. The highest BCUT2D eigenvalue weighted by atomic mass is 79.9. The molecular weight excluding hydrogens is 202 g/mol. The number of halogens is 3. The molecule has 0 saturated carbocycles. The second-order valence-corrected chi connectivity index (χ2v) is 2.74. The van der Waals surface area contributed by atoms with Gasteiger partial charge in [0.05, 0.1) is 0 Å². The van der Waals surface area contributed by atoms with E-state index in [2.05, 4.69) is 15.9 Å². The Labute approximate surface area is 66.7 Å². The maximum absolute atomic E-state index is 12.6. The molecule has 0 aromatic rings. The molecule has 0 unspecified atom stereocenters. The highest BCUT2D eigenvalue weighted by Gasteiger charge is 2.11. The van der Waals surface area contributed by atoms with Crippen molar-refractivity contribution in [1.82, 2.24) is 0 Å². The summed E-state index contributed by atoms with van der Waals surface area (Å²) in [5.74, 6) is -0.775. The third kappa shape index (κ3) is 1.66. The second-order valence-electron chi connectivity index (χ2n) is 2.18. The molecule has 0 atom stereocenters. The zero-order valence-electron chi connectivity index (χ0n) is 5.33. The highest BCUT2D eigenvalue weighted by molar-refractivity contribution is 9.09. The Balaban J connectivity index is 2.80. The Morgan fingerprint density at radius 2 is 2.10 bits per heavy atom. The van der Waals surface area contributed by atoms with Crippen molar-refractivity contribution in [3.63, 3.8) is 0 Å². The lowest BCUT2D eigenvalue weighted by Crippen LogP contribution is -1.94. The van der Waals surface area contributed by atoms with Crippen LogP contribution >= 0.6 is 15.9 Å². The lowest BCUT2D eigenvalue weighted by atomic mass is 10.1. The van der Waals surface area contributed by atoms with Gasteiger partial charge in [-0.25, -0.2) is 8.78 Å². The minimum absolute atomic E-state index is 0.342. The van der Waals surface area contributed by atoms with E-state index in [1.807, 2.05) is 0 Å². The summed E-state index contributed by atoms with van der Waals surface area (Å²) in [7, 11) is 0. The van der Waals surface area contributed by atoms with E-state index in [1.54, 1.807) is 0 Å². The molecule has 1 aliphatic carbocycles. The number of hydrogen-bond donors (Lipinski definition) is 0. The highest BCUT2D eigenvalue weighted by Crippen LogP contribution is 2.26. The maximum Gasteiger partial charge on any atom is 0.125 e. The fourth-order valence-electron chi connectivity index (χ4n) is 0.832. The predicted octanol–water partition coefficient (Wildman–Crippen LogP) is 3.25. The van der Waals surface area contributed by atoms with Gasteiger partial charge in [-0.2, -0.15) is 0 Å². The van der Waals surface area contributed by atoms with Gasteiger partial charge in [0.15, 0.2) is 0 Å². The molecule has 1 aliphatic rings. The Hall–Kier alpha value is -0.180. The molecule has 0 amide bonds. The van der Waals surface area contributed by atoms with Crippen LogP contribution in [0.5, 0.6) is 0 Å². The van der Waals surface area contributed by atoms with E-state index in [1.165, 1.54) is 0 Å². The summed E-state index contributed by atoms with van der Waals surface area (Å²) in [4.78, 5) is 0. The van der Waals surface area contributed by atoms with Crippen LogP contribution in [0.15, 0.2) is 23.3 Å². The number of rotatable bonds is 1. The van der Waals surface area contributed by atoms with Gasteiger partial charge in [0.2, 0.25) is 0 Å². The van der Waals surface area contributed by atoms with Crippen LogP contribution in [-0.4, -0.2) is 5.33 Å². The van der Waals surface area contributed by atoms with Crippen LogP contribution in [-0.2, 0) is 0 Å². The maximum atomic E-state index is 12.6. The molecule has 0 heterocycles. The van der Waals surface area contributed by atoms with Crippen molar-refractivity contribution in [2.45, 2.75) is 12.8 Å². The summed E-state index contributed by atoms with van der Waals surface area (Å²) >= 11 is 3.12. The van der Waals surface area contributed by atoms with Crippen molar-refractivity contribution < 1.29 is 8.78 Å². The average Bonchev–Trinajstić information content (AvgIpc) is 1.88. The van der Waals surface area contributed by atoms with Crippen molar-refractivity contribution in [2.75, 3.05) is 5.33 Å². The first-order valence-corrected chi connectivity index (χ1v) is 4.15. The van der Waals surface area contributed by atoms with Gasteiger partial charge in [0, 0.05) is 17.8 Å². The molecule has 0 aliphatic heterocycles. The normalized spacial score (nSPS) is 19.3. The van der Waals surface area contributed by atoms with E-state index in [9.17, 15) is 8.78 Å². The minimum Gasteiger partial charge on any atom is -0.212 e. The Morgan fingerprint density at radius 3 is 2.60 bits per heavy atom. The van der Waals surface area contributed by atoms with Crippen molar-refractivity contribution in [3.8, 4) is 0 Å². The van der Waals surface area contributed by atoms with Gasteiger partial charge in [0.25, 0.3) is 0 Å². The molecule has 0 spiro atoms. The SMILES string of the molecule is FC1=CC(F)=C(CBr)CC1. The van der Waals surface area contributed by atoms with Crippen LogP contribution in [0.25, 0.3) is 0 Å². The van der Waals surface area contributed by atoms with Gasteiger partial charge in [-0.15, -0.1) is 0 Å². The first-order valence-electron chi connectivity index (χ1n) is 3.03. The predicted molar refractivity (Wildman–Crippen MR) is 40.4 cm³/mol. The third-order valence-electron chi connectivity index (χ3n) is 1.45. The molecule has 0 aromatic carbocycles. The van der Waals surface area contributed by atoms with Gasteiger partial charge in [0.1, 0.15) is 11.7 Å². The molecule has 0 aromatic heterocycles. The molecule has 0 N–H and O–H groups in total. The van der Waals surface area contributed by atoms with Gasteiger partial charge in [-0.3, -0.25) is 0 Å². The van der Waals surface area contributed by atoms with Gasteiger partial charge >= 0.3 is 0 Å². The van der Waals surface area contributed by atoms with Crippen LogP contribution in [0, 0.1) is 0 Å². The van der Waals surface area contributed by atoms with E-state index >= 15 is 0 Å². The van der Waals surface area contributed by atoms with E-state index in [4.69, 9.17) is 0 Å². The molecule has 56 valence electrons. The topological polar surface area (TPSA) is 0 Å². The standard InChI is InChI=1S/C7H7BrF2/c8-4-5-1-2-6(9)3-7(5)10/h3H,1-2,4H2. The van der Waals surface area contributed by atoms with E-state index in [0.29, 0.717) is 23.7 Å². The largest absolute Gasteiger partial charge is 0.212 e. The van der Waals surface area contributed by atoms with Crippen molar-refractivity contribution in [3.05, 3.63) is 23.3 Å². The molecule has 3 heteroatoms. The molecule has 0 radical (unpaired) electrons. The van der Waals surface area contributed by atoms with Crippen LogP contribution in [0.4, 0.5) is 8.78 Å². The Bertz CT molecular complexity index is 194. The van der Waals surface area contributed by atoms with Gasteiger partial charge in [-0.1, -0.05) is 15.9 Å². The summed E-state index contributed by atoms with van der Waals surface area (Å²) in [5.41, 5.74) is 0.654. The summed E-state index contributed by atoms with van der Waals surface area (Å²) in [5, 5.41) is 0.503. The summed E-state index contributed by atoms with van der Waals surface area (Å²) < 4.78 is 24.9. The molecular formula is C7H7BrF2. The van der Waals surface area contributed by atoms with Gasteiger partial charge < -0.3 is 0 Å². The van der Waals surface area contributed by atoms with Crippen LogP contribution < -0.4 is 0 Å². The van der Waals surface area contributed by atoms with Gasteiger partial charge in [-0.05, 0) is 12.0 Å². The first kappa shape index (κ1) is 7.92. The zero-order chi connectivity index (χ0) is 7.56. The van der Waals surface area contributed by atoms with Crippen molar-refractivity contribution in [2.24, 2.45) is 0 Å². The van der Waals surface area contributed by atoms with Crippen LogP contribution in [0.2, 0.25) is 0 Å². The van der Waals surface area contributed by atoms with Crippen molar-refractivity contribution in [1.29, 1.82) is 0 Å². The fraction of sp³-hybridized carbons (Fsp3) is 0.429. The summed E-state index contributed by atoms with van der Waals surface area (Å²) in [6.45, 7) is 0. The molecule has 10 heavy (non-hydrogen) atoms. The summed E-state index contributed by atoms with van der Waals surface area (Å²) in [6.07, 6.45) is 1.80. The lowest BCUT2D eigenvalue weighted by molar-refractivity contribution is 0.548. The average molecular weight is 209 g/mol. The van der Waals surface area contributed by atoms with E-state index in [-0.39, 0.29) is 5.83 Å². The third-order valence-corrected chi connectivity index (χ3v) is 2.12. The monoisotopic (exact) mass is 208 g/mol. The molecule has 0 nitrogen and oxygen atoms in total. The number of alkyl halides is 1. The Morgan fingerprint density at radius 1 is 1.40 bits per heavy atom. The van der Waals surface area contributed by atoms with E-state index < -0.39 is 5.83 Å². The van der Waals surface area contributed by atoms with E-state index in [0.717, 1.165) is 6.08 Å². The Kier molecular flexibility index (Phi) is 2.60. The fourth-order valence-corrected chi connectivity index (χ4v) is 1.38. The lowest BCUT2D eigenvalue weighted by Gasteiger charge is -2.08. The van der Waals surface area contributed by atoms with Crippen molar-refractivity contribution >= 4 is 15.9 Å². The minimum atomic E-state index is -0.416. The van der Waals surface area contributed by atoms with Crippen LogP contribution in [0.1, 0.15) is 12.8 Å². The zero-order valence-corrected chi connectivity index (χ0v) is 6.92. The summed E-state index contributed by atoms with van der Waals surface area (Å²) in [6, 6.07) is 0. The number of allylic oxidation sites excluding steroid dienone is 4. The van der Waals surface area contributed by atoms with Crippen LogP contribution in [0.3, 0.4) is 0 Å². The first-order chi connectivity index (χ1) is 4.74. The molecule has 0 saturated heterocycles. The molecule has 1 rings (SSSR count). The molecule has 0 bridgehead atoms. The molecule has 0 fully saturated rings. The smallest absolute Gasteiger partial charge is 0.125 e.